The molecule has 136 valence electrons. The topological polar surface area (TPSA) is 110 Å². The van der Waals surface area contributed by atoms with Gasteiger partial charge in [0.25, 0.3) is 5.91 Å². The largest absolute Gasteiger partial charge is 0.490 e. The van der Waals surface area contributed by atoms with Crippen LogP contribution in [0.3, 0.4) is 0 Å². The summed E-state index contributed by atoms with van der Waals surface area (Å²) in [6.45, 7) is 3.95. The third-order valence-corrected chi connectivity index (χ3v) is 4.69. The second-order valence-electron chi connectivity index (χ2n) is 5.24. The second kappa shape index (κ2) is 8.63. The highest BCUT2D eigenvalue weighted by molar-refractivity contribution is 8.26. The third-order valence-electron chi connectivity index (χ3n) is 3.36. The fourth-order valence-electron chi connectivity index (χ4n) is 2.19. The fraction of sp³-hybridized carbons (Fsp3) is 0.176. The number of carboxylic acids is 1. The Morgan fingerprint density at radius 3 is 2.58 bits per heavy atom. The van der Waals surface area contributed by atoms with E-state index in [1.54, 1.807) is 36.4 Å². The van der Waals surface area contributed by atoms with Crippen LogP contribution in [0.4, 0.5) is 0 Å². The Morgan fingerprint density at radius 1 is 1.38 bits per heavy atom. The number of carbonyl (C=O) groups excluding carboxylic acids is 2. The summed E-state index contributed by atoms with van der Waals surface area (Å²) in [5, 5.41) is 9.28. The van der Waals surface area contributed by atoms with Gasteiger partial charge in [-0.05, 0) is 23.8 Å². The number of hydrogen-bond acceptors (Lipinski definition) is 6. The van der Waals surface area contributed by atoms with Gasteiger partial charge in [0.15, 0.2) is 0 Å². The van der Waals surface area contributed by atoms with Crippen molar-refractivity contribution in [3.8, 4) is 5.75 Å². The van der Waals surface area contributed by atoms with Gasteiger partial charge in [-0.15, -0.1) is 0 Å². The number of nitrogens with two attached hydrogens (primary N) is 1. The number of carbonyl (C=O) groups is 3. The Labute approximate surface area is 159 Å². The summed E-state index contributed by atoms with van der Waals surface area (Å²) >= 11 is 6.09. The number of aliphatic carboxylic acids is 1. The SMILES string of the molecule is C=CCOc1ccc(/C=C2\SC(=S)N(C(CC(N)=O)C(=O)O)C2=O)cc1. The molecule has 1 saturated heterocycles. The number of primary amides is 1. The van der Waals surface area contributed by atoms with Crippen LogP contribution in [0, 0.1) is 0 Å². The highest BCUT2D eigenvalue weighted by Crippen LogP contribution is 2.34. The van der Waals surface area contributed by atoms with Crippen molar-refractivity contribution in [2.24, 2.45) is 5.73 Å². The molecule has 1 atom stereocenters. The zero-order valence-corrected chi connectivity index (χ0v) is 15.2. The summed E-state index contributed by atoms with van der Waals surface area (Å²) in [4.78, 5) is 36.2. The highest BCUT2D eigenvalue weighted by Gasteiger charge is 2.41. The molecule has 1 fully saturated rings. The predicted molar refractivity (Wildman–Crippen MR) is 102 cm³/mol. The van der Waals surface area contributed by atoms with Crippen LogP contribution in [0.1, 0.15) is 12.0 Å². The minimum absolute atomic E-state index is 0.0702. The zero-order chi connectivity index (χ0) is 19.3. The van der Waals surface area contributed by atoms with Crippen LogP contribution >= 0.6 is 24.0 Å². The van der Waals surface area contributed by atoms with Crippen LogP contribution in [-0.4, -0.2) is 44.8 Å². The number of nitrogens with zero attached hydrogens (tertiary/aromatic N) is 1. The van der Waals surface area contributed by atoms with Crippen molar-refractivity contribution in [1.82, 2.24) is 4.90 Å². The van der Waals surface area contributed by atoms with Gasteiger partial charge >= 0.3 is 5.97 Å². The van der Waals surface area contributed by atoms with Crippen LogP contribution in [-0.2, 0) is 14.4 Å². The van der Waals surface area contributed by atoms with E-state index in [1.165, 1.54) is 0 Å². The van der Waals surface area contributed by atoms with Gasteiger partial charge in [-0.1, -0.05) is 48.8 Å². The molecule has 1 aliphatic heterocycles. The average Bonchev–Trinajstić information content (AvgIpc) is 2.85. The zero-order valence-electron chi connectivity index (χ0n) is 13.6. The van der Waals surface area contributed by atoms with Gasteiger partial charge in [0.2, 0.25) is 5.91 Å². The van der Waals surface area contributed by atoms with Crippen LogP contribution in [0.5, 0.6) is 5.75 Å². The van der Waals surface area contributed by atoms with Crippen molar-refractivity contribution >= 4 is 52.2 Å². The molecule has 7 nitrogen and oxygen atoms in total. The lowest BCUT2D eigenvalue weighted by Crippen LogP contribution is -2.46. The molecule has 0 radical (unpaired) electrons. The normalized spacial score (nSPS) is 16.6. The monoisotopic (exact) mass is 392 g/mol. The first-order chi connectivity index (χ1) is 12.3. The number of carboxylic acid groups (broad SMARTS) is 1. The molecule has 0 saturated carbocycles. The number of thioether (sulfide) groups is 1. The van der Waals surface area contributed by atoms with Gasteiger partial charge in [-0.3, -0.25) is 14.5 Å². The number of hydrogen-bond donors (Lipinski definition) is 2. The van der Waals surface area contributed by atoms with Crippen molar-refractivity contribution in [2.45, 2.75) is 12.5 Å². The van der Waals surface area contributed by atoms with E-state index in [4.69, 9.17) is 22.7 Å². The van der Waals surface area contributed by atoms with Gasteiger partial charge in [0.1, 0.15) is 22.7 Å². The number of benzene rings is 1. The molecule has 1 heterocycles. The maximum absolute atomic E-state index is 12.6. The first kappa shape index (κ1) is 19.7. The van der Waals surface area contributed by atoms with E-state index in [9.17, 15) is 19.5 Å². The number of rotatable bonds is 8. The van der Waals surface area contributed by atoms with E-state index >= 15 is 0 Å². The highest BCUT2D eigenvalue weighted by atomic mass is 32.2. The summed E-state index contributed by atoms with van der Waals surface area (Å²) in [5.74, 6) is -2.08. The van der Waals surface area contributed by atoms with E-state index in [1.807, 2.05) is 0 Å². The van der Waals surface area contributed by atoms with E-state index < -0.39 is 30.2 Å². The Kier molecular flexibility index (Phi) is 6.53. The van der Waals surface area contributed by atoms with Gasteiger partial charge < -0.3 is 15.6 Å². The summed E-state index contributed by atoms with van der Waals surface area (Å²) in [7, 11) is 0. The number of amides is 2. The Bertz CT molecular complexity index is 789. The summed E-state index contributed by atoms with van der Waals surface area (Å²) in [6, 6.07) is 5.57. The molecule has 9 heteroatoms. The molecule has 1 aromatic rings. The minimum Gasteiger partial charge on any atom is -0.490 e. The van der Waals surface area contributed by atoms with E-state index in [-0.39, 0.29) is 9.23 Å². The van der Waals surface area contributed by atoms with Crippen LogP contribution in [0.25, 0.3) is 6.08 Å². The lowest BCUT2D eigenvalue weighted by atomic mass is 10.1. The van der Waals surface area contributed by atoms with Crippen molar-refractivity contribution in [3.63, 3.8) is 0 Å². The molecule has 26 heavy (non-hydrogen) atoms. The second-order valence-corrected chi connectivity index (χ2v) is 6.92. The fourth-order valence-corrected chi connectivity index (χ4v) is 3.55. The van der Waals surface area contributed by atoms with Crippen molar-refractivity contribution in [3.05, 3.63) is 47.4 Å². The lowest BCUT2D eigenvalue weighted by molar-refractivity contribution is -0.146. The molecule has 0 aromatic heterocycles. The number of thiocarbonyl (C=S) groups is 1. The Morgan fingerprint density at radius 2 is 2.04 bits per heavy atom. The molecule has 1 aliphatic rings. The van der Waals surface area contributed by atoms with Crippen LogP contribution < -0.4 is 10.5 Å². The smallest absolute Gasteiger partial charge is 0.327 e. The predicted octanol–water partition coefficient (Wildman–Crippen LogP) is 1.78. The molecule has 0 aliphatic carbocycles. The quantitative estimate of drug-likeness (QED) is 0.394. The first-order valence-corrected chi connectivity index (χ1v) is 8.68. The molecule has 2 amide bonds. The molecule has 0 bridgehead atoms. The van der Waals surface area contributed by atoms with Gasteiger partial charge in [-0.25, -0.2) is 4.79 Å². The molecule has 1 unspecified atom stereocenters. The molecule has 1 aromatic carbocycles. The van der Waals surface area contributed by atoms with E-state index in [0.29, 0.717) is 12.4 Å². The lowest BCUT2D eigenvalue weighted by Gasteiger charge is -2.21. The average molecular weight is 392 g/mol. The summed E-state index contributed by atoms with van der Waals surface area (Å²) < 4.78 is 5.45. The maximum Gasteiger partial charge on any atom is 0.327 e. The van der Waals surface area contributed by atoms with Crippen molar-refractivity contribution in [1.29, 1.82) is 0 Å². The van der Waals surface area contributed by atoms with Crippen molar-refractivity contribution in [2.75, 3.05) is 6.61 Å². The molecular formula is C17H16N2O5S2. The van der Waals surface area contributed by atoms with Crippen LogP contribution in [0.15, 0.2) is 41.8 Å². The van der Waals surface area contributed by atoms with E-state index in [2.05, 4.69) is 6.58 Å². The summed E-state index contributed by atoms with van der Waals surface area (Å²) in [5.41, 5.74) is 5.79. The summed E-state index contributed by atoms with van der Waals surface area (Å²) in [6.07, 6.45) is 2.72. The minimum atomic E-state index is -1.42. The van der Waals surface area contributed by atoms with E-state index in [0.717, 1.165) is 22.2 Å². The molecular weight excluding hydrogens is 376 g/mol. The maximum atomic E-state index is 12.6. The Hall–Kier alpha value is -2.65. The first-order valence-electron chi connectivity index (χ1n) is 7.45. The van der Waals surface area contributed by atoms with Gasteiger partial charge in [0, 0.05) is 0 Å². The van der Waals surface area contributed by atoms with Gasteiger partial charge in [-0.2, -0.15) is 0 Å². The van der Waals surface area contributed by atoms with Crippen LogP contribution in [0.2, 0.25) is 0 Å². The third kappa shape index (κ3) is 4.70. The van der Waals surface area contributed by atoms with Gasteiger partial charge in [0.05, 0.1) is 11.3 Å². The molecule has 2 rings (SSSR count). The van der Waals surface area contributed by atoms with Crippen molar-refractivity contribution < 1.29 is 24.2 Å². The Balaban J connectivity index is 2.21. The molecule has 0 spiro atoms. The number of ether oxygens (including phenoxy) is 1. The molecule has 3 N–H and O–H groups in total. The standard InChI is InChI=1S/C17H16N2O5S2/c1-2-7-24-11-5-3-10(4-6-11)8-13-15(21)19(17(25)26-13)12(16(22)23)9-14(18)20/h2-6,8,12H,1,7,9H2,(H2,18,20)(H,22,23)/b13-8-.